The number of sulfonamides is 2. The van der Waals surface area contributed by atoms with E-state index in [0.717, 1.165) is 11.6 Å². The summed E-state index contributed by atoms with van der Waals surface area (Å²) in [6.07, 6.45) is 0.0779. The molecule has 1 unspecified atom stereocenters. The van der Waals surface area contributed by atoms with Crippen LogP contribution in [-0.2, 0) is 26.6 Å². The highest BCUT2D eigenvalue weighted by atomic mass is 35.5. The van der Waals surface area contributed by atoms with E-state index in [1.54, 1.807) is 0 Å². The van der Waals surface area contributed by atoms with Gasteiger partial charge in [-0.3, -0.25) is 0 Å². The second-order valence-electron chi connectivity index (χ2n) is 7.15. The fourth-order valence-electron chi connectivity index (χ4n) is 3.21. The maximum atomic E-state index is 13.4. The van der Waals surface area contributed by atoms with E-state index in [-0.39, 0.29) is 28.1 Å². The lowest BCUT2D eigenvalue weighted by atomic mass is 10.1. The number of hydrogen-bond acceptors (Lipinski definition) is 5. The van der Waals surface area contributed by atoms with E-state index in [9.17, 15) is 16.8 Å². The van der Waals surface area contributed by atoms with Crippen molar-refractivity contribution in [2.75, 3.05) is 5.32 Å². The third-order valence-electron chi connectivity index (χ3n) is 4.47. The van der Waals surface area contributed by atoms with Crippen LogP contribution in [0, 0.1) is 5.92 Å². The smallest absolute Gasteiger partial charge is 0.247 e. The highest BCUT2D eigenvalue weighted by Crippen LogP contribution is 2.38. The van der Waals surface area contributed by atoms with Crippen molar-refractivity contribution in [3.8, 4) is 0 Å². The molecule has 0 aromatic heterocycles. The lowest BCUT2D eigenvalue weighted by Crippen LogP contribution is -2.48. The van der Waals surface area contributed by atoms with E-state index >= 15 is 0 Å². The number of fused-ring (bicyclic) bond motifs is 1. The van der Waals surface area contributed by atoms with Crippen LogP contribution < -0.4 is 10.5 Å². The molecule has 0 radical (unpaired) electrons. The summed E-state index contributed by atoms with van der Waals surface area (Å²) in [6.45, 7) is 4.16. The molecule has 0 fully saturated rings. The van der Waals surface area contributed by atoms with E-state index in [1.165, 1.54) is 10.4 Å². The van der Waals surface area contributed by atoms with Gasteiger partial charge < -0.3 is 5.32 Å². The van der Waals surface area contributed by atoms with Gasteiger partial charge in [-0.2, -0.15) is 4.31 Å². The predicted octanol–water partition coefficient (Wildman–Crippen LogP) is 2.98. The molecule has 0 bridgehead atoms. The molecule has 1 aliphatic heterocycles. The summed E-state index contributed by atoms with van der Waals surface area (Å²) in [5.41, 5.74) is 1.10. The van der Waals surface area contributed by atoms with E-state index < -0.39 is 31.1 Å². The first-order valence-corrected chi connectivity index (χ1v) is 12.0. The molecule has 1 atom stereocenters. The number of halogens is 1. The van der Waals surface area contributed by atoms with E-state index in [2.05, 4.69) is 5.32 Å². The van der Waals surface area contributed by atoms with Crippen LogP contribution in [0.15, 0.2) is 52.3 Å². The highest BCUT2D eigenvalue weighted by Gasteiger charge is 2.39. The molecule has 152 valence electrons. The number of hydrogen-bond donors (Lipinski definition) is 2. The van der Waals surface area contributed by atoms with Gasteiger partial charge in [0, 0.05) is 6.54 Å². The van der Waals surface area contributed by atoms with Crippen LogP contribution in [0.2, 0.25) is 5.02 Å². The van der Waals surface area contributed by atoms with Crippen molar-refractivity contribution < 1.29 is 16.8 Å². The SMILES string of the molecule is CC(C)CC1Nc2cc(Cl)c(S(N)(=O)=O)cc2S(=O)(=O)N1Cc1ccccc1. The summed E-state index contributed by atoms with van der Waals surface area (Å²) in [5.74, 6) is 0.228. The standard InChI is InChI=1S/C18H22ClN3O4S2/c1-12(2)8-18-21-15-9-14(19)16(27(20,23)24)10-17(15)28(25,26)22(18)11-13-6-4-3-5-7-13/h3-7,9-10,12,18,21H,8,11H2,1-2H3,(H2,20,23,24). The minimum atomic E-state index is -4.17. The van der Waals surface area contributed by atoms with Crippen LogP contribution >= 0.6 is 11.6 Å². The molecule has 3 N–H and O–H groups in total. The van der Waals surface area contributed by atoms with Crippen LogP contribution in [0.25, 0.3) is 0 Å². The maximum absolute atomic E-state index is 13.4. The fraction of sp³-hybridized carbons (Fsp3) is 0.333. The monoisotopic (exact) mass is 443 g/mol. The summed E-state index contributed by atoms with van der Waals surface area (Å²) < 4.78 is 51.7. The van der Waals surface area contributed by atoms with Crippen molar-refractivity contribution >= 4 is 37.3 Å². The van der Waals surface area contributed by atoms with Crippen molar-refractivity contribution in [1.82, 2.24) is 4.31 Å². The minimum Gasteiger partial charge on any atom is -0.368 e. The summed E-state index contributed by atoms with van der Waals surface area (Å²) >= 11 is 6.05. The zero-order chi connectivity index (χ0) is 20.7. The second kappa shape index (κ2) is 7.64. The molecule has 10 heteroatoms. The van der Waals surface area contributed by atoms with Crippen LogP contribution in [0.5, 0.6) is 0 Å². The third-order valence-corrected chi connectivity index (χ3v) is 7.74. The van der Waals surface area contributed by atoms with Crippen LogP contribution in [-0.4, -0.2) is 27.3 Å². The number of nitrogens with two attached hydrogens (primary N) is 1. The lowest BCUT2D eigenvalue weighted by molar-refractivity contribution is 0.292. The van der Waals surface area contributed by atoms with E-state index in [1.807, 2.05) is 44.2 Å². The topological polar surface area (TPSA) is 110 Å². The summed E-state index contributed by atoms with van der Waals surface area (Å²) in [7, 11) is -8.15. The molecule has 2 aromatic rings. The van der Waals surface area contributed by atoms with Gasteiger partial charge in [-0.15, -0.1) is 0 Å². The Bertz CT molecular complexity index is 1090. The minimum absolute atomic E-state index is 0.122. The van der Waals surface area contributed by atoms with Crippen LogP contribution in [0.4, 0.5) is 5.69 Å². The molecule has 0 aliphatic carbocycles. The number of benzene rings is 2. The second-order valence-corrected chi connectivity index (χ2v) is 10.9. The Morgan fingerprint density at radius 2 is 1.86 bits per heavy atom. The Kier molecular flexibility index (Phi) is 5.75. The van der Waals surface area contributed by atoms with Crippen LogP contribution in [0.3, 0.4) is 0 Å². The molecule has 0 spiro atoms. The number of primary sulfonamides is 1. The van der Waals surface area contributed by atoms with Gasteiger partial charge >= 0.3 is 0 Å². The fourth-order valence-corrected chi connectivity index (χ4v) is 6.09. The van der Waals surface area contributed by atoms with Gasteiger partial charge in [0.25, 0.3) is 0 Å². The Labute approximate surface area is 170 Å². The summed E-state index contributed by atoms with van der Waals surface area (Å²) in [4.78, 5) is -0.572. The Balaban J connectivity index is 2.14. The van der Waals surface area contributed by atoms with Gasteiger partial charge in [-0.05, 0) is 30.0 Å². The van der Waals surface area contributed by atoms with Crippen molar-refractivity contribution in [3.63, 3.8) is 0 Å². The van der Waals surface area contributed by atoms with Crippen molar-refractivity contribution in [3.05, 3.63) is 53.1 Å². The van der Waals surface area contributed by atoms with Crippen molar-refractivity contribution in [1.29, 1.82) is 0 Å². The molecule has 0 saturated carbocycles. The van der Waals surface area contributed by atoms with E-state index in [4.69, 9.17) is 16.7 Å². The zero-order valence-electron chi connectivity index (χ0n) is 15.5. The molecular weight excluding hydrogens is 422 g/mol. The van der Waals surface area contributed by atoms with E-state index in [0.29, 0.717) is 6.42 Å². The first-order valence-electron chi connectivity index (χ1n) is 8.69. The van der Waals surface area contributed by atoms with Gasteiger partial charge in [0.15, 0.2) is 0 Å². The molecule has 1 aliphatic rings. The first-order chi connectivity index (χ1) is 13.0. The number of anilines is 1. The highest BCUT2D eigenvalue weighted by molar-refractivity contribution is 7.90. The molecular formula is C18H22ClN3O4S2. The van der Waals surface area contributed by atoms with Gasteiger partial charge in [-0.25, -0.2) is 22.0 Å². The van der Waals surface area contributed by atoms with Crippen molar-refractivity contribution in [2.24, 2.45) is 11.1 Å². The normalized spacial score (nSPS) is 19.2. The predicted molar refractivity (Wildman–Crippen MR) is 109 cm³/mol. The first kappa shape index (κ1) is 21.1. The maximum Gasteiger partial charge on any atom is 0.247 e. The molecule has 2 aromatic carbocycles. The Hall–Kier alpha value is -1.65. The molecule has 3 rings (SSSR count). The average molecular weight is 444 g/mol. The largest absolute Gasteiger partial charge is 0.368 e. The van der Waals surface area contributed by atoms with Gasteiger partial charge in [0.05, 0.1) is 16.9 Å². The number of rotatable bonds is 5. The van der Waals surface area contributed by atoms with Gasteiger partial charge in [0.1, 0.15) is 9.79 Å². The summed E-state index contributed by atoms with van der Waals surface area (Å²) in [6, 6.07) is 11.5. The Morgan fingerprint density at radius 3 is 2.43 bits per heavy atom. The Morgan fingerprint density at radius 1 is 1.21 bits per heavy atom. The van der Waals surface area contributed by atoms with Gasteiger partial charge in [-0.1, -0.05) is 55.8 Å². The van der Waals surface area contributed by atoms with Gasteiger partial charge in [0.2, 0.25) is 20.0 Å². The number of nitrogens with zero attached hydrogens (tertiary/aromatic N) is 1. The lowest BCUT2D eigenvalue weighted by Gasteiger charge is -2.38. The molecule has 0 saturated heterocycles. The summed E-state index contributed by atoms with van der Waals surface area (Å²) in [5, 5.41) is 8.27. The van der Waals surface area contributed by atoms with Crippen LogP contribution in [0.1, 0.15) is 25.8 Å². The van der Waals surface area contributed by atoms with Crippen molar-refractivity contribution in [2.45, 2.75) is 42.8 Å². The molecule has 0 amide bonds. The average Bonchev–Trinajstić information content (AvgIpc) is 2.57. The third kappa shape index (κ3) is 4.18. The number of nitrogens with one attached hydrogen (secondary N) is 1. The zero-order valence-corrected chi connectivity index (χ0v) is 17.9. The molecule has 7 nitrogen and oxygen atoms in total. The quantitative estimate of drug-likeness (QED) is 0.738. The molecule has 1 heterocycles. The molecule has 28 heavy (non-hydrogen) atoms.